The Morgan fingerprint density at radius 2 is 1.78 bits per heavy atom. The van der Waals surface area contributed by atoms with Gasteiger partial charge in [-0.2, -0.15) is 16.1 Å². The lowest BCUT2D eigenvalue weighted by molar-refractivity contribution is -0.121. The van der Waals surface area contributed by atoms with E-state index in [0.29, 0.717) is 25.3 Å². The van der Waals surface area contributed by atoms with Gasteiger partial charge >= 0.3 is 0 Å². The summed E-state index contributed by atoms with van der Waals surface area (Å²) in [5.74, 6) is 2.70. The minimum atomic E-state index is -3.69. The van der Waals surface area contributed by atoms with Crippen molar-refractivity contribution in [2.45, 2.75) is 37.2 Å². The van der Waals surface area contributed by atoms with Crippen LogP contribution in [0.25, 0.3) is 10.9 Å². The molecule has 0 unspecified atom stereocenters. The highest BCUT2D eigenvalue weighted by Gasteiger charge is 2.32. The number of carbonyl (C=O) groups is 2. The molecule has 0 saturated carbocycles. The zero-order valence-electron chi connectivity index (χ0n) is 25.7. The molecule has 1 saturated heterocycles. The Labute approximate surface area is 269 Å². The van der Waals surface area contributed by atoms with Crippen LogP contribution in [0.2, 0.25) is 0 Å². The number of thioether (sulfide) groups is 1. The van der Waals surface area contributed by atoms with Crippen molar-refractivity contribution in [1.29, 1.82) is 0 Å². The normalized spacial score (nSPS) is 15.5. The van der Waals surface area contributed by atoms with Crippen LogP contribution in [0.1, 0.15) is 24.1 Å². The molecular formula is C31H43N5O7S2. The smallest absolute Gasteiger partial charge is 0.243 e. The average molecular weight is 662 g/mol. The first kappa shape index (κ1) is 34.7. The van der Waals surface area contributed by atoms with Crippen LogP contribution < -0.4 is 15.5 Å². The number of hydroxylamine groups is 1. The van der Waals surface area contributed by atoms with E-state index in [9.17, 15) is 13.2 Å². The summed E-state index contributed by atoms with van der Waals surface area (Å²) in [4.78, 5) is 24.5. The SMILES string of the molecule is COc1ccc(S(=O)(=O)N2CCc3c(n(CC(=O)NCCCSCCCN4CCOCC4)c4ccccc34)C2)cc1.O=CNO. The van der Waals surface area contributed by atoms with E-state index in [4.69, 9.17) is 19.5 Å². The summed E-state index contributed by atoms with van der Waals surface area (Å²) in [5, 5.41) is 11.4. The number of amides is 2. The van der Waals surface area contributed by atoms with Crippen LogP contribution in [0.3, 0.4) is 0 Å². The van der Waals surface area contributed by atoms with Gasteiger partial charge in [0, 0.05) is 42.8 Å². The second-order valence-electron chi connectivity index (χ2n) is 10.7. The van der Waals surface area contributed by atoms with Crippen molar-refractivity contribution < 1.29 is 32.7 Å². The molecule has 3 N–H and O–H groups in total. The van der Waals surface area contributed by atoms with Crippen molar-refractivity contribution >= 4 is 45.0 Å². The Bertz CT molecular complexity index is 1490. The second-order valence-corrected chi connectivity index (χ2v) is 13.8. The average Bonchev–Trinajstić information content (AvgIpc) is 3.39. The highest BCUT2D eigenvalue weighted by Crippen LogP contribution is 2.33. The Morgan fingerprint density at radius 3 is 2.49 bits per heavy atom. The first-order chi connectivity index (χ1) is 21.9. The van der Waals surface area contributed by atoms with Crippen LogP contribution in [0.5, 0.6) is 5.75 Å². The third-order valence-corrected chi connectivity index (χ3v) is 10.9. The lowest BCUT2D eigenvalue weighted by Gasteiger charge is -2.28. The van der Waals surface area contributed by atoms with Crippen LogP contribution in [-0.4, -0.2) is 104 Å². The topological polar surface area (TPSA) is 142 Å². The molecule has 45 heavy (non-hydrogen) atoms. The molecule has 2 amide bonds. The molecule has 0 spiro atoms. The second kappa shape index (κ2) is 17.5. The van der Waals surface area contributed by atoms with Crippen molar-refractivity contribution in [2.75, 3.05) is 64.6 Å². The number of carbonyl (C=O) groups excluding carboxylic acids is 2. The number of morpholine rings is 1. The summed E-state index contributed by atoms with van der Waals surface area (Å²) in [7, 11) is -2.14. The van der Waals surface area contributed by atoms with Crippen molar-refractivity contribution in [2.24, 2.45) is 0 Å². The summed E-state index contributed by atoms with van der Waals surface area (Å²) in [6.45, 7) is 6.30. The fourth-order valence-corrected chi connectivity index (χ4v) is 7.86. The molecule has 5 rings (SSSR count). The molecule has 2 aliphatic heterocycles. The summed E-state index contributed by atoms with van der Waals surface area (Å²) in [6.07, 6.45) is 2.88. The fraction of sp³-hybridized carbons (Fsp3) is 0.484. The van der Waals surface area contributed by atoms with E-state index < -0.39 is 10.0 Å². The molecule has 246 valence electrons. The van der Waals surface area contributed by atoms with Gasteiger partial charge in [-0.05, 0) is 73.2 Å². The van der Waals surface area contributed by atoms with Gasteiger partial charge in [0.25, 0.3) is 0 Å². The van der Waals surface area contributed by atoms with E-state index >= 15 is 0 Å². The summed E-state index contributed by atoms with van der Waals surface area (Å²) in [5.41, 5.74) is 4.23. The fourth-order valence-electron chi connectivity index (χ4n) is 5.57. The number of hydrogen-bond acceptors (Lipinski definition) is 9. The zero-order chi connectivity index (χ0) is 32.1. The number of benzene rings is 2. The van der Waals surface area contributed by atoms with Crippen molar-refractivity contribution in [3.63, 3.8) is 0 Å². The van der Waals surface area contributed by atoms with E-state index in [1.807, 2.05) is 34.5 Å². The molecule has 0 atom stereocenters. The van der Waals surface area contributed by atoms with Crippen molar-refractivity contribution in [3.8, 4) is 5.75 Å². The lowest BCUT2D eigenvalue weighted by Crippen LogP contribution is -2.37. The Kier molecular flexibility index (Phi) is 13.5. The molecule has 2 aliphatic rings. The third kappa shape index (κ3) is 9.44. The Morgan fingerprint density at radius 1 is 1.07 bits per heavy atom. The predicted molar refractivity (Wildman–Crippen MR) is 174 cm³/mol. The number of sulfonamides is 1. The van der Waals surface area contributed by atoms with Gasteiger partial charge in [0.1, 0.15) is 12.3 Å². The van der Waals surface area contributed by atoms with E-state index in [1.54, 1.807) is 31.4 Å². The molecule has 0 bridgehead atoms. The molecule has 12 nitrogen and oxygen atoms in total. The van der Waals surface area contributed by atoms with Crippen molar-refractivity contribution in [3.05, 3.63) is 59.8 Å². The number of rotatable bonds is 14. The van der Waals surface area contributed by atoms with E-state index in [-0.39, 0.29) is 30.3 Å². The van der Waals surface area contributed by atoms with Gasteiger partial charge in [0.15, 0.2) is 0 Å². The number of hydrogen-bond donors (Lipinski definition) is 3. The maximum Gasteiger partial charge on any atom is 0.243 e. The summed E-state index contributed by atoms with van der Waals surface area (Å²) in [6, 6.07) is 14.5. The predicted octanol–water partition coefficient (Wildman–Crippen LogP) is 2.48. The highest BCUT2D eigenvalue weighted by atomic mass is 32.2. The van der Waals surface area contributed by atoms with Gasteiger partial charge in [0.05, 0.1) is 31.8 Å². The minimum Gasteiger partial charge on any atom is -0.497 e. The van der Waals surface area contributed by atoms with Crippen LogP contribution in [0.4, 0.5) is 0 Å². The number of para-hydroxylation sites is 1. The Balaban J connectivity index is 0.00000109. The van der Waals surface area contributed by atoms with Crippen LogP contribution in [0.15, 0.2) is 53.4 Å². The number of aromatic nitrogens is 1. The number of fused-ring (bicyclic) bond motifs is 3. The minimum absolute atomic E-state index is 0.0546. The zero-order valence-corrected chi connectivity index (χ0v) is 27.3. The first-order valence-electron chi connectivity index (χ1n) is 15.1. The molecule has 1 fully saturated rings. The summed E-state index contributed by atoms with van der Waals surface area (Å²) >= 11 is 1.94. The van der Waals surface area contributed by atoms with Crippen LogP contribution in [0, 0.1) is 0 Å². The standard InChI is InChI=1S/C30H40N4O5S2.CH3NO2/c1-38-24-8-10-25(11-9-24)41(36,37)33-15-12-27-26-6-2-3-7-28(26)34(29(27)22-33)23-30(35)31-13-4-20-40-21-5-14-32-16-18-39-19-17-32;3-1-2-4/h2-3,6-11H,4-5,12-23H2,1H3,(H,31,35);1,4H,(H,2,3). The lowest BCUT2D eigenvalue weighted by atomic mass is 10.0. The molecule has 0 aliphatic carbocycles. The number of nitrogens with zero attached hydrogens (tertiary/aromatic N) is 3. The maximum atomic E-state index is 13.5. The van der Waals surface area contributed by atoms with E-state index in [2.05, 4.69) is 16.3 Å². The van der Waals surface area contributed by atoms with Gasteiger partial charge in [-0.3, -0.25) is 19.7 Å². The number of ether oxygens (including phenoxy) is 2. The highest BCUT2D eigenvalue weighted by molar-refractivity contribution is 7.99. The number of nitrogens with one attached hydrogen (secondary N) is 2. The quantitative estimate of drug-likeness (QED) is 0.103. The molecular weight excluding hydrogens is 619 g/mol. The van der Waals surface area contributed by atoms with Crippen molar-refractivity contribution in [1.82, 2.24) is 24.6 Å². The van der Waals surface area contributed by atoms with Crippen LogP contribution >= 0.6 is 11.8 Å². The largest absolute Gasteiger partial charge is 0.497 e. The first-order valence-corrected chi connectivity index (χ1v) is 17.7. The van der Waals surface area contributed by atoms with Gasteiger partial charge in [-0.15, -0.1) is 0 Å². The molecule has 0 radical (unpaired) electrons. The third-order valence-electron chi connectivity index (χ3n) is 7.84. The maximum absolute atomic E-state index is 13.5. The molecule has 1 aromatic heterocycles. The molecule has 3 heterocycles. The molecule has 3 aromatic rings. The van der Waals surface area contributed by atoms with Crippen LogP contribution in [-0.2, 0) is 43.9 Å². The van der Waals surface area contributed by atoms with Gasteiger partial charge in [-0.25, -0.2) is 13.9 Å². The molecule has 14 heteroatoms. The Hall–Kier alpha value is -3.14. The monoisotopic (exact) mass is 661 g/mol. The van der Waals surface area contributed by atoms with E-state index in [0.717, 1.165) is 72.9 Å². The van der Waals surface area contributed by atoms with Gasteiger partial charge in [0.2, 0.25) is 22.3 Å². The van der Waals surface area contributed by atoms with Gasteiger partial charge < -0.3 is 19.4 Å². The molecule has 2 aromatic carbocycles. The number of methoxy groups -OCH3 is 1. The summed E-state index contributed by atoms with van der Waals surface area (Å²) < 4.78 is 41.1. The van der Waals surface area contributed by atoms with Gasteiger partial charge in [-0.1, -0.05) is 18.2 Å². The van der Waals surface area contributed by atoms with E-state index in [1.165, 1.54) is 16.2 Å².